The number of carbonyl (C=O) groups excluding carboxylic acids is 1. The van der Waals surface area contributed by atoms with E-state index in [4.69, 9.17) is 4.74 Å². The molecule has 19 heavy (non-hydrogen) atoms. The van der Waals surface area contributed by atoms with Crippen LogP contribution in [0.5, 0.6) is 0 Å². The summed E-state index contributed by atoms with van der Waals surface area (Å²) in [4.78, 5) is 11.8. The molecule has 0 aromatic carbocycles. The van der Waals surface area contributed by atoms with Gasteiger partial charge in [0.1, 0.15) is 6.04 Å². The summed E-state index contributed by atoms with van der Waals surface area (Å²) in [6.07, 6.45) is 2.26. The first-order valence-corrected chi connectivity index (χ1v) is 7.55. The van der Waals surface area contributed by atoms with Gasteiger partial charge in [0.15, 0.2) is 0 Å². The molecule has 1 fully saturated rings. The highest BCUT2D eigenvalue weighted by atomic mass is 32.2. The highest BCUT2D eigenvalue weighted by Crippen LogP contribution is 2.36. The molecular weight excluding hydrogens is 266 g/mol. The molecule has 1 saturated carbocycles. The van der Waals surface area contributed by atoms with Crippen LogP contribution in [0, 0.1) is 0 Å². The van der Waals surface area contributed by atoms with Crippen molar-refractivity contribution in [2.45, 2.75) is 43.9 Å². The van der Waals surface area contributed by atoms with E-state index in [2.05, 4.69) is 20.8 Å². The molecule has 0 saturated heterocycles. The summed E-state index contributed by atoms with van der Waals surface area (Å²) in [5.74, 6) is 0.349. The Morgan fingerprint density at radius 3 is 3.00 bits per heavy atom. The molecule has 0 radical (unpaired) electrons. The number of carbonyl (C=O) groups is 1. The van der Waals surface area contributed by atoms with Crippen LogP contribution in [0.1, 0.15) is 32.7 Å². The predicted molar refractivity (Wildman–Crippen MR) is 70.9 cm³/mol. The fourth-order valence-corrected chi connectivity index (χ4v) is 2.67. The Kier molecular flexibility index (Phi) is 5.15. The monoisotopic (exact) mass is 285 g/mol. The smallest absolute Gasteiger partial charge is 0.323 e. The van der Waals surface area contributed by atoms with Gasteiger partial charge in [-0.15, -0.1) is 5.10 Å². The van der Waals surface area contributed by atoms with Gasteiger partial charge in [0, 0.05) is 5.75 Å². The van der Waals surface area contributed by atoms with Crippen LogP contribution in [0.15, 0.2) is 5.16 Å². The second-order valence-corrected chi connectivity index (χ2v) is 5.30. The minimum atomic E-state index is -0.320. The Balaban J connectivity index is 1.90. The van der Waals surface area contributed by atoms with Gasteiger partial charge >= 0.3 is 5.97 Å². The number of ether oxygens (including phenoxy) is 1. The maximum Gasteiger partial charge on any atom is 0.323 e. The number of hydrogen-bond donors (Lipinski definition) is 1. The van der Waals surface area contributed by atoms with Crippen molar-refractivity contribution >= 4 is 17.7 Å². The van der Waals surface area contributed by atoms with Gasteiger partial charge in [-0.05, 0) is 36.7 Å². The third-order valence-electron chi connectivity index (χ3n) is 2.76. The highest BCUT2D eigenvalue weighted by Gasteiger charge is 2.28. The number of tetrazole rings is 1. The number of aromatic nitrogens is 4. The molecule has 0 spiro atoms. The molecule has 0 bridgehead atoms. The second-order valence-electron chi connectivity index (χ2n) is 4.31. The van der Waals surface area contributed by atoms with Gasteiger partial charge in [-0.25, -0.2) is 4.68 Å². The number of nitrogens with one attached hydrogen (secondary N) is 1. The number of thioether (sulfide) groups is 1. The SMILES string of the molecule is CCNC(CSc1nnnn1C1CC1)C(=O)OCC. The summed E-state index contributed by atoms with van der Waals surface area (Å²) in [5, 5.41) is 15.6. The molecule has 0 aliphatic heterocycles. The van der Waals surface area contributed by atoms with E-state index in [-0.39, 0.29) is 12.0 Å². The van der Waals surface area contributed by atoms with Crippen molar-refractivity contribution < 1.29 is 9.53 Å². The predicted octanol–water partition coefficient (Wildman–Crippen LogP) is 0.641. The van der Waals surface area contributed by atoms with Crippen molar-refractivity contribution in [1.29, 1.82) is 0 Å². The molecule has 1 heterocycles. The van der Waals surface area contributed by atoms with E-state index < -0.39 is 0 Å². The lowest BCUT2D eigenvalue weighted by Crippen LogP contribution is -2.40. The molecule has 1 aliphatic rings. The number of esters is 1. The number of rotatable bonds is 8. The zero-order chi connectivity index (χ0) is 13.7. The third kappa shape index (κ3) is 3.90. The molecule has 1 N–H and O–H groups in total. The summed E-state index contributed by atoms with van der Waals surface area (Å²) in [7, 11) is 0. The van der Waals surface area contributed by atoms with Crippen LogP contribution in [-0.4, -0.2) is 51.1 Å². The van der Waals surface area contributed by atoms with E-state index in [0.717, 1.165) is 24.5 Å². The Hall–Kier alpha value is -1.15. The normalized spacial score (nSPS) is 16.3. The van der Waals surface area contributed by atoms with Crippen molar-refractivity contribution in [3.05, 3.63) is 0 Å². The highest BCUT2D eigenvalue weighted by molar-refractivity contribution is 7.99. The fourth-order valence-electron chi connectivity index (χ4n) is 1.69. The zero-order valence-electron chi connectivity index (χ0n) is 11.2. The van der Waals surface area contributed by atoms with Gasteiger partial charge in [-0.2, -0.15) is 0 Å². The molecule has 1 aromatic heterocycles. The van der Waals surface area contributed by atoms with Crippen molar-refractivity contribution in [2.24, 2.45) is 0 Å². The molecule has 106 valence electrons. The topological polar surface area (TPSA) is 81.9 Å². The first-order chi connectivity index (χ1) is 9.26. The molecule has 7 nitrogen and oxygen atoms in total. The van der Waals surface area contributed by atoms with Gasteiger partial charge in [-0.1, -0.05) is 18.7 Å². The van der Waals surface area contributed by atoms with Gasteiger partial charge in [0.05, 0.1) is 12.6 Å². The summed E-state index contributed by atoms with van der Waals surface area (Å²) in [6.45, 7) is 4.88. The van der Waals surface area contributed by atoms with Crippen molar-refractivity contribution in [3.8, 4) is 0 Å². The number of nitrogens with zero attached hydrogens (tertiary/aromatic N) is 4. The average molecular weight is 285 g/mol. The standard InChI is InChI=1S/C11H19N5O2S/c1-3-12-9(10(17)18-4-2)7-19-11-13-14-15-16(11)8-5-6-8/h8-9,12H,3-7H2,1-2H3. The van der Waals surface area contributed by atoms with E-state index in [0.29, 0.717) is 18.4 Å². The maximum atomic E-state index is 11.8. The molecule has 1 atom stereocenters. The second kappa shape index (κ2) is 6.85. The molecule has 1 aliphatic carbocycles. The third-order valence-corrected chi connectivity index (χ3v) is 3.78. The first kappa shape index (κ1) is 14.3. The molecular formula is C11H19N5O2S. The molecule has 0 amide bonds. The van der Waals surface area contributed by atoms with E-state index in [1.807, 2.05) is 18.5 Å². The molecule has 1 aromatic rings. The van der Waals surface area contributed by atoms with E-state index in [1.54, 1.807) is 0 Å². The van der Waals surface area contributed by atoms with Crippen LogP contribution in [0.2, 0.25) is 0 Å². The van der Waals surface area contributed by atoms with E-state index in [1.165, 1.54) is 11.8 Å². The summed E-state index contributed by atoms with van der Waals surface area (Å²) >= 11 is 1.49. The molecule has 8 heteroatoms. The minimum absolute atomic E-state index is 0.220. The van der Waals surface area contributed by atoms with Crippen LogP contribution in [-0.2, 0) is 9.53 Å². The summed E-state index contributed by atoms with van der Waals surface area (Å²) in [5.41, 5.74) is 0. The quantitative estimate of drug-likeness (QED) is 0.554. The Bertz CT molecular complexity index is 421. The number of hydrogen-bond acceptors (Lipinski definition) is 7. The van der Waals surface area contributed by atoms with Gasteiger partial charge in [0.2, 0.25) is 5.16 Å². The minimum Gasteiger partial charge on any atom is -0.465 e. The van der Waals surface area contributed by atoms with Crippen LogP contribution in [0.3, 0.4) is 0 Å². The Morgan fingerprint density at radius 1 is 1.58 bits per heavy atom. The van der Waals surface area contributed by atoms with Crippen LogP contribution >= 0.6 is 11.8 Å². The molecule has 1 unspecified atom stereocenters. The average Bonchev–Trinajstić information content (AvgIpc) is 3.14. The molecule has 2 rings (SSSR count). The summed E-state index contributed by atoms with van der Waals surface area (Å²) < 4.78 is 6.89. The number of likely N-dealkylation sites (N-methyl/N-ethyl adjacent to an activating group) is 1. The largest absolute Gasteiger partial charge is 0.465 e. The van der Waals surface area contributed by atoms with Crippen LogP contribution in [0.4, 0.5) is 0 Å². The van der Waals surface area contributed by atoms with Gasteiger partial charge in [0.25, 0.3) is 0 Å². The zero-order valence-corrected chi connectivity index (χ0v) is 12.0. The lowest BCUT2D eigenvalue weighted by molar-refractivity contribution is -0.144. The van der Waals surface area contributed by atoms with Crippen LogP contribution in [0.25, 0.3) is 0 Å². The lowest BCUT2D eigenvalue weighted by atomic mass is 10.3. The fraction of sp³-hybridized carbons (Fsp3) is 0.818. The van der Waals surface area contributed by atoms with Gasteiger partial charge < -0.3 is 10.1 Å². The van der Waals surface area contributed by atoms with Crippen molar-refractivity contribution in [3.63, 3.8) is 0 Å². The van der Waals surface area contributed by atoms with E-state index in [9.17, 15) is 4.79 Å². The summed E-state index contributed by atoms with van der Waals surface area (Å²) in [6, 6.07) is 0.122. The first-order valence-electron chi connectivity index (χ1n) is 6.56. The van der Waals surface area contributed by atoms with Crippen LogP contribution < -0.4 is 5.32 Å². The van der Waals surface area contributed by atoms with Crippen molar-refractivity contribution in [2.75, 3.05) is 18.9 Å². The lowest BCUT2D eigenvalue weighted by Gasteiger charge is -2.15. The van der Waals surface area contributed by atoms with Gasteiger partial charge in [-0.3, -0.25) is 4.79 Å². The van der Waals surface area contributed by atoms with E-state index >= 15 is 0 Å². The maximum absolute atomic E-state index is 11.8. The van der Waals surface area contributed by atoms with Crippen molar-refractivity contribution in [1.82, 2.24) is 25.5 Å². The Morgan fingerprint density at radius 2 is 2.37 bits per heavy atom. The Labute approximate surface area is 116 Å².